The van der Waals surface area contributed by atoms with Crippen LogP contribution in [0.3, 0.4) is 0 Å². The van der Waals surface area contributed by atoms with Crippen molar-refractivity contribution in [1.29, 1.82) is 0 Å². The summed E-state index contributed by atoms with van der Waals surface area (Å²) in [4.78, 5) is 14.3. The number of sulfonamides is 1. The molecule has 0 saturated heterocycles. The molecular formula is C21H19ClN2O3S. The van der Waals surface area contributed by atoms with Gasteiger partial charge in [-0.05, 0) is 54.1 Å². The lowest BCUT2D eigenvalue weighted by molar-refractivity contribution is 0.0785. The first-order valence-corrected chi connectivity index (χ1v) is 10.4. The third kappa shape index (κ3) is 4.91. The first-order chi connectivity index (χ1) is 13.3. The molecule has 7 heteroatoms. The molecule has 0 aromatic heterocycles. The highest BCUT2D eigenvalue weighted by molar-refractivity contribution is 7.92. The second-order valence-corrected chi connectivity index (χ2v) is 8.40. The first kappa shape index (κ1) is 19.9. The van der Waals surface area contributed by atoms with Crippen LogP contribution < -0.4 is 4.72 Å². The number of nitrogens with one attached hydrogen (secondary N) is 1. The molecule has 5 nitrogen and oxygen atoms in total. The molecule has 1 N–H and O–H groups in total. The summed E-state index contributed by atoms with van der Waals surface area (Å²) in [6, 6.07) is 21.9. The molecule has 0 aliphatic carbocycles. The zero-order valence-electron chi connectivity index (χ0n) is 15.2. The maximum Gasteiger partial charge on any atom is 0.261 e. The molecule has 144 valence electrons. The second-order valence-electron chi connectivity index (χ2n) is 6.28. The van der Waals surface area contributed by atoms with E-state index < -0.39 is 10.0 Å². The van der Waals surface area contributed by atoms with Gasteiger partial charge in [-0.25, -0.2) is 8.42 Å². The van der Waals surface area contributed by atoms with Crippen molar-refractivity contribution in [3.63, 3.8) is 0 Å². The highest BCUT2D eigenvalue weighted by atomic mass is 35.5. The van der Waals surface area contributed by atoms with Gasteiger partial charge < -0.3 is 4.90 Å². The Labute approximate surface area is 169 Å². The molecule has 3 aromatic rings. The molecule has 0 fully saturated rings. The molecule has 0 atom stereocenters. The van der Waals surface area contributed by atoms with Crippen molar-refractivity contribution in [3.8, 4) is 0 Å². The maximum atomic E-state index is 12.6. The summed E-state index contributed by atoms with van der Waals surface area (Å²) in [7, 11) is -2.00. The molecule has 0 bridgehead atoms. The number of benzene rings is 3. The molecular weight excluding hydrogens is 396 g/mol. The van der Waals surface area contributed by atoms with E-state index in [1.165, 1.54) is 24.3 Å². The van der Waals surface area contributed by atoms with Crippen LogP contribution in [0.4, 0.5) is 5.69 Å². The fourth-order valence-electron chi connectivity index (χ4n) is 2.66. The Morgan fingerprint density at radius 2 is 1.54 bits per heavy atom. The van der Waals surface area contributed by atoms with Crippen molar-refractivity contribution < 1.29 is 13.2 Å². The number of hydrogen-bond acceptors (Lipinski definition) is 3. The van der Waals surface area contributed by atoms with E-state index in [-0.39, 0.29) is 10.8 Å². The minimum atomic E-state index is -3.72. The molecule has 0 aliphatic rings. The van der Waals surface area contributed by atoms with Crippen LogP contribution in [0, 0.1) is 0 Å². The molecule has 0 heterocycles. The normalized spacial score (nSPS) is 11.1. The third-order valence-electron chi connectivity index (χ3n) is 4.12. The highest BCUT2D eigenvalue weighted by Gasteiger charge is 2.15. The van der Waals surface area contributed by atoms with E-state index in [9.17, 15) is 13.2 Å². The summed E-state index contributed by atoms with van der Waals surface area (Å²) < 4.78 is 27.3. The SMILES string of the molecule is CN(Cc1ccccc1)C(=O)c1ccc(NS(=O)(=O)c2ccc(Cl)cc2)cc1. The van der Waals surface area contributed by atoms with Gasteiger partial charge in [0.25, 0.3) is 15.9 Å². The summed E-state index contributed by atoms with van der Waals surface area (Å²) in [5, 5.41) is 0.460. The Kier molecular flexibility index (Phi) is 6.02. The predicted molar refractivity (Wildman–Crippen MR) is 111 cm³/mol. The first-order valence-electron chi connectivity index (χ1n) is 8.53. The van der Waals surface area contributed by atoms with Gasteiger partial charge in [0.2, 0.25) is 0 Å². The predicted octanol–water partition coefficient (Wildman–Crippen LogP) is 4.41. The highest BCUT2D eigenvalue weighted by Crippen LogP contribution is 2.19. The minimum absolute atomic E-state index is 0.111. The van der Waals surface area contributed by atoms with E-state index in [4.69, 9.17) is 11.6 Å². The van der Waals surface area contributed by atoms with Crippen LogP contribution in [0.5, 0.6) is 0 Å². The molecule has 0 unspecified atom stereocenters. The Bertz CT molecular complexity index is 1050. The lowest BCUT2D eigenvalue weighted by Gasteiger charge is -2.17. The van der Waals surface area contributed by atoms with Gasteiger partial charge >= 0.3 is 0 Å². The number of amides is 1. The van der Waals surface area contributed by atoms with Crippen LogP contribution in [0.1, 0.15) is 15.9 Å². The summed E-state index contributed by atoms with van der Waals surface area (Å²) in [6.07, 6.45) is 0. The summed E-state index contributed by atoms with van der Waals surface area (Å²) in [5.74, 6) is -0.143. The van der Waals surface area contributed by atoms with Crippen molar-refractivity contribution in [1.82, 2.24) is 4.90 Å². The monoisotopic (exact) mass is 414 g/mol. The van der Waals surface area contributed by atoms with Gasteiger partial charge in [0.05, 0.1) is 4.90 Å². The molecule has 1 amide bonds. The Morgan fingerprint density at radius 1 is 0.929 bits per heavy atom. The standard InChI is InChI=1S/C21H19ClN2O3S/c1-24(15-16-5-3-2-4-6-16)21(25)17-7-11-19(12-8-17)23-28(26,27)20-13-9-18(22)10-14-20/h2-14,23H,15H2,1H3. The largest absolute Gasteiger partial charge is 0.337 e. The minimum Gasteiger partial charge on any atom is -0.337 e. The van der Waals surface area contributed by atoms with Crippen LogP contribution in [-0.2, 0) is 16.6 Å². The molecule has 0 aliphatic heterocycles. The fraction of sp³-hybridized carbons (Fsp3) is 0.0952. The van der Waals surface area contributed by atoms with Crippen molar-refractivity contribution in [2.75, 3.05) is 11.8 Å². The zero-order chi connectivity index (χ0) is 20.1. The van der Waals surface area contributed by atoms with Crippen molar-refractivity contribution in [2.45, 2.75) is 11.4 Å². The number of anilines is 1. The number of nitrogens with zero attached hydrogens (tertiary/aromatic N) is 1. The van der Waals surface area contributed by atoms with Gasteiger partial charge in [0.1, 0.15) is 0 Å². The van der Waals surface area contributed by atoms with Gasteiger partial charge in [-0.3, -0.25) is 9.52 Å². The summed E-state index contributed by atoms with van der Waals surface area (Å²) in [5.41, 5.74) is 1.88. The second kappa shape index (κ2) is 8.46. The fourth-order valence-corrected chi connectivity index (χ4v) is 3.84. The number of halogens is 1. The van der Waals surface area contributed by atoms with Crippen LogP contribution in [-0.4, -0.2) is 26.3 Å². The Hall–Kier alpha value is -2.83. The van der Waals surface area contributed by atoms with E-state index in [1.807, 2.05) is 30.3 Å². The van der Waals surface area contributed by atoms with E-state index in [0.717, 1.165) is 5.56 Å². The average molecular weight is 415 g/mol. The zero-order valence-corrected chi connectivity index (χ0v) is 16.7. The average Bonchev–Trinajstić information content (AvgIpc) is 2.69. The van der Waals surface area contributed by atoms with Gasteiger partial charge in [-0.2, -0.15) is 0 Å². The maximum absolute atomic E-state index is 12.6. The van der Waals surface area contributed by atoms with Crippen LogP contribution >= 0.6 is 11.6 Å². The van der Waals surface area contributed by atoms with E-state index >= 15 is 0 Å². The van der Waals surface area contributed by atoms with E-state index in [1.54, 1.807) is 36.2 Å². The Balaban J connectivity index is 1.69. The quantitative estimate of drug-likeness (QED) is 0.649. The number of carbonyl (C=O) groups excluding carboxylic acids is 1. The summed E-state index contributed by atoms with van der Waals surface area (Å²) >= 11 is 5.79. The summed E-state index contributed by atoms with van der Waals surface area (Å²) in [6.45, 7) is 0.491. The van der Waals surface area contributed by atoms with E-state index in [0.29, 0.717) is 22.8 Å². The van der Waals surface area contributed by atoms with E-state index in [2.05, 4.69) is 4.72 Å². The lowest BCUT2D eigenvalue weighted by atomic mass is 10.1. The number of hydrogen-bond donors (Lipinski definition) is 1. The molecule has 28 heavy (non-hydrogen) atoms. The third-order valence-corrected chi connectivity index (χ3v) is 5.77. The molecule has 3 aromatic carbocycles. The Morgan fingerprint density at radius 3 is 2.14 bits per heavy atom. The van der Waals surface area contributed by atoms with Crippen molar-refractivity contribution in [3.05, 3.63) is 95.0 Å². The van der Waals surface area contributed by atoms with Crippen molar-refractivity contribution in [2.24, 2.45) is 0 Å². The number of carbonyl (C=O) groups is 1. The van der Waals surface area contributed by atoms with Gasteiger partial charge in [-0.15, -0.1) is 0 Å². The lowest BCUT2D eigenvalue weighted by Crippen LogP contribution is -2.26. The van der Waals surface area contributed by atoms with Gasteiger partial charge in [-0.1, -0.05) is 41.9 Å². The smallest absolute Gasteiger partial charge is 0.261 e. The van der Waals surface area contributed by atoms with Crippen LogP contribution in [0.25, 0.3) is 0 Å². The topological polar surface area (TPSA) is 66.5 Å². The number of rotatable bonds is 6. The van der Waals surface area contributed by atoms with Gasteiger partial charge in [0, 0.05) is 29.9 Å². The molecule has 3 rings (SSSR count). The van der Waals surface area contributed by atoms with Crippen LogP contribution in [0.2, 0.25) is 5.02 Å². The van der Waals surface area contributed by atoms with Crippen LogP contribution in [0.15, 0.2) is 83.8 Å². The van der Waals surface area contributed by atoms with Gasteiger partial charge in [0.15, 0.2) is 0 Å². The van der Waals surface area contributed by atoms with Crippen molar-refractivity contribution >= 4 is 33.2 Å². The molecule has 0 saturated carbocycles. The molecule has 0 spiro atoms. The molecule has 0 radical (unpaired) electrons.